The highest BCUT2D eigenvalue weighted by molar-refractivity contribution is 7.19. The minimum atomic E-state index is -0.437. The average molecular weight is 449 g/mol. The average Bonchev–Trinajstić information content (AvgIpc) is 3.28. The topological polar surface area (TPSA) is 105 Å². The molecule has 0 saturated carbocycles. The molecule has 0 saturated heterocycles. The molecule has 2 aromatic heterocycles. The largest absolute Gasteiger partial charge is 0.396 e. The van der Waals surface area contributed by atoms with Gasteiger partial charge in [-0.3, -0.25) is 4.79 Å². The number of anilines is 2. The third-order valence-electron chi connectivity index (χ3n) is 4.57. The Morgan fingerprint density at radius 3 is 2.62 bits per heavy atom. The molecule has 29 heavy (non-hydrogen) atoms. The number of ketones is 1. The van der Waals surface area contributed by atoms with Crippen molar-refractivity contribution < 1.29 is 9.32 Å². The van der Waals surface area contributed by atoms with Crippen LogP contribution in [-0.4, -0.2) is 17.0 Å². The molecule has 0 bridgehead atoms. The number of benzene rings is 1. The summed E-state index contributed by atoms with van der Waals surface area (Å²) in [6.45, 7) is 6.13. The maximum Gasteiger partial charge on any atom is 0.243 e. The van der Waals surface area contributed by atoms with Gasteiger partial charge in [0.25, 0.3) is 0 Å². The number of halogens is 2. The van der Waals surface area contributed by atoms with Crippen molar-refractivity contribution in [3.05, 3.63) is 50.5 Å². The number of nitrogens with zero attached hydrogens (tertiary/aromatic N) is 2. The fourth-order valence-corrected chi connectivity index (χ4v) is 3.89. The molecule has 6 nitrogen and oxygen atoms in total. The Hall–Kier alpha value is -2.53. The molecule has 0 spiro atoms. The van der Waals surface area contributed by atoms with Crippen molar-refractivity contribution in [2.24, 2.45) is 5.92 Å². The number of carbonyl (C=O) groups is 1. The lowest BCUT2D eigenvalue weighted by Gasteiger charge is -2.17. The van der Waals surface area contributed by atoms with Gasteiger partial charge in [-0.25, -0.2) is 0 Å². The Morgan fingerprint density at radius 2 is 2.00 bits per heavy atom. The molecule has 3 N–H and O–H groups in total. The van der Waals surface area contributed by atoms with Gasteiger partial charge in [0.05, 0.1) is 15.7 Å². The fraction of sp³-hybridized carbons (Fsp3) is 0.250. The van der Waals surface area contributed by atoms with Gasteiger partial charge in [0.2, 0.25) is 11.5 Å². The van der Waals surface area contributed by atoms with Gasteiger partial charge >= 0.3 is 0 Å². The van der Waals surface area contributed by atoms with Crippen molar-refractivity contribution >= 4 is 51.0 Å². The number of aromatic nitrogens is 1. The smallest absolute Gasteiger partial charge is 0.243 e. The van der Waals surface area contributed by atoms with Gasteiger partial charge in [-0.1, -0.05) is 48.3 Å². The number of carbonyl (C=O) groups excluding carboxylic acids is 1. The van der Waals surface area contributed by atoms with Gasteiger partial charge in [0, 0.05) is 17.7 Å². The van der Waals surface area contributed by atoms with Gasteiger partial charge < -0.3 is 15.6 Å². The number of hydrogen-bond donors (Lipinski definition) is 2. The Balaban J connectivity index is 1.93. The van der Waals surface area contributed by atoms with E-state index in [-0.39, 0.29) is 27.9 Å². The van der Waals surface area contributed by atoms with Crippen LogP contribution in [0.4, 0.5) is 10.7 Å². The third kappa shape index (κ3) is 4.25. The molecule has 9 heteroatoms. The van der Waals surface area contributed by atoms with Crippen LogP contribution in [0.3, 0.4) is 0 Å². The van der Waals surface area contributed by atoms with Gasteiger partial charge in [0.1, 0.15) is 27.2 Å². The van der Waals surface area contributed by atoms with E-state index < -0.39 is 5.78 Å². The van der Waals surface area contributed by atoms with Gasteiger partial charge in [-0.2, -0.15) is 5.26 Å². The highest BCUT2D eigenvalue weighted by Crippen LogP contribution is 2.38. The molecule has 0 amide bonds. The van der Waals surface area contributed by atoms with Gasteiger partial charge in [-0.05, 0) is 25.0 Å². The quantitative estimate of drug-likeness (QED) is 0.458. The first-order chi connectivity index (χ1) is 13.7. The van der Waals surface area contributed by atoms with Crippen molar-refractivity contribution in [2.45, 2.75) is 26.8 Å². The van der Waals surface area contributed by atoms with E-state index in [4.69, 9.17) is 33.5 Å². The lowest BCUT2D eigenvalue weighted by Crippen LogP contribution is -2.21. The van der Waals surface area contributed by atoms with E-state index >= 15 is 0 Å². The molecule has 150 valence electrons. The standard InChI is InChI=1S/C20H18Cl2N4O2S/c1-9(2)10(3)25-20-12(8-23)17(24)19(29-20)18(27)16-7-15(26-28-16)11-4-5-13(21)14(22)6-11/h4-7,9-10,25H,24H2,1-3H3. The number of nitrogens with one attached hydrogen (secondary N) is 1. The number of rotatable bonds is 6. The van der Waals surface area contributed by atoms with E-state index in [0.717, 1.165) is 11.3 Å². The summed E-state index contributed by atoms with van der Waals surface area (Å²) in [6.07, 6.45) is 0. The summed E-state index contributed by atoms with van der Waals surface area (Å²) in [6, 6.07) is 8.69. The number of nitriles is 1. The van der Waals surface area contributed by atoms with E-state index in [9.17, 15) is 10.1 Å². The van der Waals surface area contributed by atoms with Crippen molar-refractivity contribution in [1.82, 2.24) is 5.16 Å². The van der Waals surface area contributed by atoms with Gasteiger partial charge in [-0.15, -0.1) is 11.3 Å². The van der Waals surface area contributed by atoms with Crippen LogP contribution >= 0.6 is 34.5 Å². The molecule has 2 heterocycles. The molecule has 3 aromatic rings. The monoisotopic (exact) mass is 448 g/mol. The maximum absolute atomic E-state index is 12.9. The van der Waals surface area contributed by atoms with E-state index in [1.807, 2.05) is 6.92 Å². The molecule has 0 aliphatic rings. The van der Waals surface area contributed by atoms with Crippen molar-refractivity contribution in [3.63, 3.8) is 0 Å². The van der Waals surface area contributed by atoms with Crippen LogP contribution < -0.4 is 11.1 Å². The third-order valence-corrected chi connectivity index (χ3v) is 6.45. The van der Waals surface area contributed by atoms with Crippen molar-refractivity contribution in [3.8, 4) is 17.3 Å². The zero-order valence-corrected chi connectivity index (χ0v) is 18.2. The molecule has 3 rings (SSSR count). The molecule has 1 atom stereocenters. The van der Waals surface area contributed by atoms with Crippen LogP contribution in [0.5, 0.6) is 0 Å². The second-order valence-electron chi connectivity index (χ2n) is 6.87. The lowest BCUT2D eigenvalue weighted by atomic mass is 10.1. The SMILES string of the molecule is CC(C)C(C)Nc1sc(C(=O)c2cc(-c3ccc(Cl)c(Cl)c3)no2)c(N)c1C#N. The summed E-state index contributed by atoms with van der Waals surface area (Å²) in [5.41, 5.74) is 7.58. The molecule has 1 aromatic carbocycles. The van der Waals surface area contributed by atoms with Crippen LogP contribution in [0.15, 0.2) is 28.8 Å². The lowest BCUT2D eigenvalue weighted by molar-refractivity contribution is 0.100. The minimum absolute atomic E-state index is 0.0203. The van der Waals surface area contributed by atoms with E-state index in [1.165, 1.54) is 6.07 Å². The van der Waals surface area contributed by atoms with Crippen LogP contribution in [0.25, 0.3) is 11.3 Å². The molecule has 0 radical (unpaired) electrons. The summed E-state index contributed by atoms with van der Waals surface area (Å²) >= 11 is 13.1. The first-order valence-electron chi connectivity index (χ1n) is 8.78. The molecule has 0 aliphatic heterocycles. The summed E-state index contributed by atoms with van der Waals surface area (Å²) in [7, 11) is 0. The molecule has 0 aliphatic carbocycles. The number of nitrogen functional groups attached to an aromatic ring is 1. The maximum atomic E-state index is 12.9. The first kappa shape index (κ1) is 21.2. The van der Waals surface area contributed by atoms with E-state index in [2.05, 4.69) is 30.4 Å². The molecule has 1 unspecified atom stereocenters. The number of thiophene rings is 1. The number of hydrogen-bond acceptors (Lipinski definition) is 7. The van der Waals surface area contributed by atoms with Gasteiger partial charge in [0.15, 0.2) is 0 Å². The van der Waals surface area contributed by atoms with Crippen molar-refractivity contribution in [2.75, 3.05) is 11.1 Å². The predicted octanol–water partition coefficient (Wildman–Crippen LogP) is 5.85. The minimum Gasteiger partial charge on any atom is -0.396 e. The van der Waals surface area contributed by atoms with E-state index in [1.54, 1.807) is 18.2 Å². The summed E-state index contributed by atoms with van der Waals surface area (Å²) < 4.78 is 5.23. The van der Waals surface area contributed by atoms with E-state index in [0.29, 0.717) is 32.2 Å². The zero-order valence-electron chi connectivity index (χ0n) is 15.9. The predicted molar refractivity (Wildman–Crippen MR) is 117 cm³/mol. The van der Waals surface area contributed by atoms with Crippen LogP contribution in [-0.2, 0) is 0 Å². The second kappa shape index (κ2) is 8.46. The Bertz CT molecular complexity index is 1110. The first-order valence-corrected chi connectivity index (χ1v) is 10.4. The summed E-state index contributed by atoms with van der Waals surface area (Å²) in [5.74, 6) is -0.0768. The normalized spacial score (nSPS) is 12.0. The molecular weight excluding hydrogens is 431 g/mol. The highest BCUT2D eigenvalue weighted by atomic mass is 35.5. The Kier molecular flexibility index (Phi) is 6.18. The zero-order chi connectivity index (χ0) is 21.3. The summed E-state index contributed by atoms with van der Waals surface area (Å²) in [5, 5.41) is 18.0. The van der Waals surface area contributed by atoms with Crippen molar-refractivity contribution in [1.29, 1.82) is 5.26 Å². The van der Waals surface area contributed by atoms with Crippen LogP contribution in [0, 0.1) is 17.2 Å². The highest BCUT2D eigenvalue weighted by Gasteiger charge is 2.26. The Morgan fingerprint density at radius 1 is 1.28 bits per heavy atom. The van der Waals surface area contributed by atoms with Crippen LogP contribution in [0.1, 0.15) is 41.8 Å². The summed E-state index contributed by atoms with van der Waals surface area (Å²) in [4.78, 5) is 13.2. The Labute approximate surface area is 182 Å². The number of nitrogens with two attached hydrogens (primary N) is 1. The fourth-order valence-electron chi connectivity index (χ4n) is 2.48. The second-order valence-corrected chi connectivity index (χ2v) is 8.71. The molecule has 0 fully saturated rings. The molecular formula is C20H18Cl2N4O2S. The van der Waals surface area contributed by atoms with Crippen LogP contribution in [0.2, 0.25) is 10.0 Å².